The molecule has 1 saturated heterocycles. The third-order valence-electron chi connectivity index (χ3n) is 2.75. The Labute approximate surface area is 271 Å². The van der Waals surface area contributed by atoms with Crippen LogP contribution < -0.4 is 5.32 Å². The Balaban J connectivity index is -0.000000125. The fourth-order valence-electron chi connectivity index (χ4n) is 1.94. The summed E-state index contributed by atoms with van der Waals surface area (Å²) in [7, 11) is 0. The van der Waals surface area contributed by atoms with Crippen LogP contribution in [0.5, 0.6) is 0 Å². The van der Waals surface area contributed by atoms with Gasteiger partial charge in [0.05, 0.1) is 6.10 Å². The van der Waals surface area contributed by atoms with E-state index in [4.69, 9.17) is 0 Å². The minimum atomic E-state index is -0.353. The maximum Gasteiger partial charge on any atom is 0.123 e. The van der Waals surface area contributed by atoms with Gasteiger partial charge < -0.3 is 10.4 Å². The van der Waals surface area contributed by atoms with Crippen LogP contribution in [-0.4, -0.2) is 24.3 Å². The van der Waals surface area contributed by atoms with Crippen molar-refractivity contribution in [2.75, 3.05) is 13.1 Å². The zero-order valence-electron chi connectivity index (χ0n) is 11.4. The van der Waals surface area contributed by atoms with Crippen LogP contribution in [0.15, 0.2) is 24.3 Å². The molecule has 0 saturated carbocycles. The summed E-state index contributed by atoms with van der Waals surface area (Å²) in [5.41, 5.74) is 1.03. The van der Waals surface area contributed by atoms with Gasteiger partial charge in [-0.05, 0) is 30.7 Å². The molecule has 2 rings (SSSR count). The van der Waals surface area contributed by atoms with E-state index in [1.807, 2.05) is 0 Å². The van der Waals surface area contributed by atoms with E-state index in [-0.39, 0.29) is 214 Å². The first-order valence-corrected chi connectivity index (χ1v) is 4.91. The molecule has 1 aliphatic rings. The quantitative estimate of drug-likeness (QED) is 0.457. The zero-order chi connectivity index (χ0) is 9.97. The van der Waals surface area contributed by atoms with Gasteiger partial charge in [-0.2, -0.15) is 0 Å². The Bertz CT molecular complexity index is 316. The van der Waals surface area contributed by atoms with E-state index in [2.05, 4.69) is 5.32 Å². The van der Waals surface area contributed by atoms with Gasteiger partial charge in [0, 0.05) is 209 Å². The summed E-state index contributed by atoms with van der Waals surface area (Å²) in [5.74, 6) is -0.0750. The molecule has 0 aliphatic carbocycles. The van der Waals surface area contributed by atoms with Gasteiger partial charge in [-0.15, -0.1) is 0 Å². The number of rotatable bonds is 1. The number of halogens is 1. The molecule has 1 heterocycles. The molecule has 1 aromatic carbocycles. The molecule has 2 atom stereocenters. The van der Waals surface area contributed by atoms with Crippen LogP contribution in [-0.2, 0) is 196 Å². The van der Waals surface area contributed by atoms with Crippen molar-refractivity contribution in [3.8, 4) is 0 Å². The molecular weight excluding hydrogens is 715 g/mol. The molecule has 6 radical (unpaired) electrons. The maximum atomic E-state index is 12.7. The molecule has 9 heteroatoms. The van der Waals surface area contributed by atoms with Gasteiger partial charge in [0.15, 0.2) is 0 Å². The molecule has 1 aromatic rings. The molecule has 0 amide bonds. The predicted octanol–water partition coefficient (Wildman–Crippen LogP) is 1.25. The second-order valence-electron chi connectivity index (χ2n) is 3.72. The number of hydrogen-bond donors (Lipinski definition) is 2. The van der Waals surface area contributed by atoms with Gasteiger partial charge in [-0.3, -0.25) is 0 Å². The zero-order valence-corrected chi connectivity index (χ0v) is 28.4. The van der Waals surface area contributed by atoms with Crippen LogP contribution in [0, 0.1) is 5.82 Å². The smallest absolute Gasteiger partial charge is 0.123 e. The number of nitrogens with one attached hydrogen (secondary N) is 1. The van der Waals surface area contributed by atoms with E-state index in [1.54, 1.807) is 12.1 Å². The Morgan fingerprint density at radius 2 is 1.45 bits per heavy atom. The maximum absolute atomic E-state index is 12.7. The van der Waals surface area contributed by atoms with E-state index in [0.29, 0.717) is 6.54 Å². The largest absolute Gasteiger partial charge is 0.391 e. The van der Waals surface area contributed by atoms with Crippen LogP contribution >= 0.6 is 0 Å². The molecular formula is C11H14FNOY6. The number of aliphatic hydroxyl groups is 1. The Hall–Kier alpha value is 5.69. The van der Waals surface area contributed by atoms with Gasteiger partial charge in [0.1, 0.15) is 5.82 Å². The first-order chi connectivity index (χ1) is 6.77. The fourth-order valence-corrected chi connectivity index (χ4v) is 1.94. The molecule has 1 unspecified atom stereocenters. The number of benzene rings is 1. The van der Waals surface area contributed by atoms with E-state index >= 15 is 0 Å². The van der Waals surface area contributed by atoms with Crippen molar-refractivity contribution in [2.45, 2.75) is 18.4 Å². The van der Waals surface area contributed by atoms with E-state index < -0.39 is 0 Å². The second-order valence-corrected chi connectivity index (χ2v) is 3.72. The van der Waals surface area contributed by atoms with E-state index in [0.717, 1.165) is 18.5 Å². The predicted molar refractivity (Wildman–Crippen MR) is 52.6 cm³/mol. The average molecular weight is 729 g/mol. The van der Waals surface area contributed by atoms with Crippen molar-refractivity contribution in [1.82, 2.24) is 5.32 Å². The Morgan fingerprint density at radius 3 is 1.90 bits per heavy atom. The normalized spacial score (nSPS) is 19.3. The van der Waals surface area contributed by atoms with Crippen molar-refractivity contribution in [2.24, 2.45) is 0 Å². The minimum Gasteiger partial charge on any atom is -0.391 e. The molecule has 1 aliphatic heterocycles. The van der Waals surface area contributed by atoms with Crippen molar-refractivity contribution in [3.63, 3.8) is 0 Å². The van der Waals surface area contributed by atoms with Crippen molar-refractivity contribution >= 4 is 0 Å². The van der Waals surface area contributed by atoms with Crippen LogP contribution in [0.4, 0.5) is 4.39 Å². The second kappa shape index (κ2) is 21.0. The number of β-amino-alcohol motifs (C(OH)–C–C–N with tert-alkyl or cyclic N) is 1. The molecule has 0 aromatic heterocycles. The summed E-state index contributed by atoms with van der Waals surface area (Å²) in [6.07, 6.45) is 0.557. The van der Waals surface area contributed by atoms with Crippen LogP contribution in [0.3, 0.4) is 0 Å². The SMILES string of the molecule is O[C@@H]1CNCCC1c1ccc(F)cc1.[Y].[Y].[Y].[Y].[Y].[Y]. The van der Waals surface area contributed by atoms with Gasteiger partial charge in [-0.25, -0.2) is 4.39 Å². The minimum absolute atomic E-state index is 0. The van der Waals surface area contributed by atoms with Gasteiger partial charge >= 0.3 is 0 Å². The van der Waals surface area contributed by atoms with E-state index in [1.165, 1.54) is 12.1 Å². The van der Waals surface area contributed by atoms with Crippen molar-refractivity contribution in [3.05, 3.63) is 35.6 Å². The van der Waals surface area contributed by atoms with Crippen LogP contribution in [0.1, 0.15) is 17.9 Å². The summed E-state index contributed by atoms with van der Waals surface area (Å²) in [4.78, 5) is 0. The summed E-state index contributed by atoms with van der Waals surface area (Å²) in [5, 5.41) is 12.9. The third-order valence-corrected chi connectivity index (χ3v) is 2.75. The van der Waals surface area contributed by atoms with Crippen LogP contribution in [0.25, 0.3) is 0 Å². The summed E-state index contributed by atoms with van der Waals surface area (Å²) in [6.45, 7) is 1.54. The van der Waals surface area contributed by atoms with Gasteiger partial charge in [-0.1, -0.05) is 12.1 Å². The standard InChI is InChI=1S/C11H14FNO.6Y/c12-9-3-1-8(2-4-9)10-5-6-13-7-11(10)14;;;;;;/h1-4,10-11,13-14H,5-7H2;;;;;;/t10?,11-;;;;;;/m1....../s1. The Kier molecular flexibility index (Phi) is 38.4. The fraction of sp³-hybridized carbons (Fsp3) is 0.455. The van der Waals surface area contributed by atoms with Crippen molar-refractivity contribution < 1.29 is 206 Å². The third kappa shape index (κ3) is 13.0. The number of hydrogen-bond acceptors (Lipinski definition) is 2. The molecule has 2 nitrogen and oxygen atoms in total. The summed E-state index contributed by atoms with van der Waals surface area (Å²) in [6, 6.07) is 6.41. The molecule has 0 spiro atoms. The van der Waals surface area contributed by atoms with Crippen molar-refractivity contribution in [1.29, 1.82) is 0 Å². The number of aliphatic hydroxyl groups excluding tert-OH is 1. The first-order valence-electron chi connectivity index (χ1n) is 4.91. The van der Waals surface area contributed by atoms with Crippen LogP contribution in [0.2, 0.25) is 0 Å². The van der Waals surface area contributed by atoms with Gasteiger partial charge in [0.25, 0.3) is 0 Å². The van der Waals surface area contributed by atoms with E-state index in [9.17, 15) is 9.50 Å². The topological polar surface area (TPSA) is 32.3 Å². The number of piperidine rings is 1. The molecule has 94 valence electrons. The molecule has 2 N–H and O–H groups in total. The molecule has 1 fully saturated rings. The first kappa shape index (κ1) is 36.6. The van der Waals surface area contributed by atoms with Gasteiger partial charge in [0.2, 0.25) is 0 Å². The molecule has 0 bridgehead atoms. The monoisotopic (exact) mass is 729 g/mol. The summed E-state index contributed by atoms with van der Waals surface area (Å²) < 4.78 is 12.7. The average Bonchev–Trinajstić information content (AvgIpc) is 2.20. The Morgan fingerprint density at radius 1 is 0.950 bits per heavy atom. The summed E-state index contributed by atoms with van der Waals surface area (Å²) >= 11 is 0. The molecule has 20 heavy (non-hydrogen) atoms.